The van der Waals surface area contributed by atoms with Crippen molar-refractivity contribution >= 4 is 38.3 Å². The Balaban J connectivity index is 2.10. The van der Waals surface area contributed by atoms with E-state index in [0.717, 1.165) is 35.6 Å². The van der Waals surface area contributed by atoms with Gasteiger partial charge in [-0.2, -0.15) is 0 Å². The molecule has 1 heterocycles. The lowest BCUT2D eigenvalue weighted by atomic mass is 9.84. The van der Waals surface area contributed by atoms with Crippen LogP contribution in [0.3, 0.4) is 0 Å². The second kappa shape index (κ2) is 7.95. The quantitative estimate of drug-likeness (QED) is 0.554. The number of sulfone groups is 1. The smallest absolute Gasteiger partial charge is 0.304 e. The molecule has 8 heteroatoms. The van der Waals surface area contributed by atoms with Gasteiger partial charge in [0.25, 0.3) is 0 Å². The summed E-state index contributed by atoms with van der Waals surface area (Å²) >= 11 is 6.04. The van der Waals surface area contributed by atoms with Crippen LogP contribution < -0.4 is 0 Å². The molecule has 2 atom stereocenters. The Morgan fingerprint density at radius 3 is 2.58 bits per heavy atom. The van der Waals surface area contributed by atoms with Gasteiger partial charge in [0.1, 0.15) is 5.82 Å². The summed E-state index contributed by atoms with van der Waals surface area (Å²) in [6.45, 7) is 1.94. The normalized spacial score (nSPS) is 17.5. The first kappa shape index (κ1) is 21.8. The number of nitrogens with zero attached hydrogens (tertiary/aromatic N) is 1. The molecule has 1 N–H and O–H groups in total. The number of aryl methyl sites for hydroxylation is 1. The lowest BCUT2D eigenvalue weighted by Gasteiger charge is -2.28. The van der Waals surface area contributed by atoms with Gasteiger partial charge >= 0.3 is 5.97 Å². The molecule has 0 radical (unpaired) electrons. The number of rotatable bonds is 5. The first-order valence-electron chi connectivity index (χ1n) is 10.1. The number of hydrogen-bond acceptors (Lipinski definition) is 3. The highest BCUT2D eigenvalue weighted by Gasteiger charge is 2.33. The maximum Gasteiger partial charge on any atom is 0.304 e. The molecule has 164 valence electrons. The SMILES string of the molecule is CC(c1ccc(Cl)cc1)n1c2c(c3cc(F)cc(S(C)(=O)=O)c31)CCC[C@@H]2CC(=O)O. The highest BCUT2D eigenvalue weighted by molar-refractivity contribution is 7.91. The molecule has 0 saturated heterocycles. The Labute approximate surface area is 185 Å². The molecule has 1 aliphatic rings. The van der Waals surface area contributed by atoms with Crippen LogP contribution in [-0.4, -0.2) is 30.3 Å². The minimum absolute atomic E-state index is 0.0622. The second-order valence-corrected chi connectivity index (χ2v) is 10.6. The molecule has 0 saturated carbocycles. The van der Waals surface area contributed by atoms with Crippen LogP contribution in [0.4, 0.5) is 4.39 Å². The number of carboxylic acid groups (broad SMARTS) is 1. The molecule has 0 amide bonds. The summed E-state index contributed by atoms with van der Waals surface area (Å²) in [6.07, 6.45) is 3.10. The topological polar surface area (TPSA) is 76.4 Å². The van der Waals surface area contributed by atoms with E-state index >= 15 is 0 Å². The van der Waals surface area contributed by atoms with E-state index in [9.17, 15) is 22.7 Å². The van der Waals surface area contributed by atoms with E-state index in [-0.39, 0.29) is 23.3 Å². The van der Waals surface area contributed by atoms with Crippen LogP contribution in [0.25, 0.3) is 10.9 Å². The van der Waals surface area contributed by atoms with Gasteiger partial charge in [0, 0.05) is 28.3 Å². The zero-order valence-electron chi connectivity index (χ0n) is 17.2. The lowest BCUT2D eigenvalue weighted by Crippen LogP contribution is -2.20. The number of benzene rings is 2. The fourth-order valence-corrected chi connectivity index (χ4v) is 5.82. The van der Waals surface area contributed by atoms with Crippen molar-refractivity contribution in [1.82, 2.24) is 4.57 Å². The number of aliphatic carboxylic acids is 1. The van der Waals surface area contributed by atoms with Crippen molar-refractivity contribution in [3.63, 3.8) is 0 Å². The zero-order chi connectivity index (χ0) is 22.5. The standard InChI is InChI=1S/C23H23ClFNO4S/c1-13(14-6-8-16(24)9-7-14)26-22-15(10-21(27)28)4-3-5-18(22)19-11-17(25)12-20(23(19)26)31(2,29)30/h6-9,11-13,15H,3-5,10H2,1-2H3,(H,27,28)/t13?,15-/m1/s1. The average molecular weight is 464 g/mol. The van der Waals surface area contributed by atoms with Gasteiger partial charge < -0.3 is 9.67 Å². The Hall–Kier alpha value is -2.38. The summed E-state index contributed by atoms with van der Waals surface area (Å²) in [7, 11) is -3.74. The fourth-order valence-electron chi connectivity index (χ4n) is 4.81. The number of carbonyl (C=O) groups is 1. The van der Waals surface area contributed by atoms with Crippen LogP contribution in [0, 0.1) is 5.82 Å². The van der Waals surface area contributed by atoms with Crippen molar-refractivity contribution in [3.05, 3.63) is 64.1 Å². The van der Waals surface area contributed by atoms with E-state index in [1.807, 2.05) is 23.6 Å². The zero-order valence-corrected chi connectivity index (χ0v) is 18.8. The number of fused-ring (bicyclic) bond motifs is 3. The van der Waals surface area contributed by atoms with E-state index in [1.54, 1.807) is 12.1 Å². The number of carboxylic acids is 1. The molecule has 3 aromatic rings. The number of aromatic nitrogens is 1. The fraction of sp³-hybridized carbons (Fsp3) is 0.348. The molecule has 0 spiro atoms. The Morgan fingerprint density at radius 2 is 1.97 bits per heavy atom. The molecular weight excluding hydrogens is 441 g/mol. The van der Waals surface area contributed by atoms with E-state index in [2.05, 4.69) is 0 Å². The van der Waals surface area contributed by atoms with E-state index in [1.165, 1.54) is 6.07 Å². The number of hydrogen-bond donors (Lipinski definition) is 1. The van der Waals surface area contributed by atoms with Gasteiger partial charge in [0.05, 0.1) is 22.9 Å². The maximum atomic E-state index is 14.5. The molecule has 2 aromatic carbocycles. The monoisotopic (exact) mass is 463 g/mol. The van der Waals surface area contributed by atoms with Crippen LogP contribution in [0.5, 0.6) is 0 Å². The summed E-state index contributed by atoms with van der Waals surface area (Å²) in [5.41, 5.74) is 2.97. The minimum atomic E-state index is -3.74. The van der Waals surface area contributed by atoms with Gasteiger partial charge in [-0.15, -0.1) is 0 Å². The summed E-state index contributed by atoms with van der Waals surface area (Å²) in [5, 5.41) is 10.6. The van der Waals surface area contributed by atoms with Gasteiger partial charge in [-0.25, -0.2) is 12.8 Å². The van der Waals surface area contributed by atoms with Crippen LogP contribution >= 0.6 is 11.6 Å². The summed E-state index contributed by atoms with van der Waals surface area (Å²) in [6, 6.07) is 9.38. The number of halogens is 2. The largest absolute Gasteiger partial charge is 0.481 e. The Morgan fingerprint density at radius 1 is 1.29 bits per heavy atom. The van der Waals surface area contributed by atoms with Gasteiger partial charge in [-0.1, -0.05) is 23.7 Å². The molecule has 5 nitrogen and oxygen atoms in total. The van der Waals surface area contributed by atoms with E-state index in [0.29, 0.717) is 28.8 Å². The highest BCUT2D eigenvalue weighted by atomic mass is 35.5. The minimum Gasteiger partial charge on any atom is -0.481 e. The van der Waals surface area contributed by atoms with Crippen LogP contribution in [0.1, 0.15) is 55.0 Å². The molecule has 0 bridgehead atoms. The molecule has 4 rings (SSSR count). The van der Waals surface area contributed by atoms with Gasteiger partial charge in [-0.05, 0) is 61.6 Å². The van der Waals surface area contributed by atoms with Gasteiger partial charge in [0.2, 0.25) is 0 Å². The molecule has 1 aromatic heterocycles. The van der Waals surface area contributed by atoms with Crippen molar-refractivity contribution in [2.24, 2.45) is 0 Å². The van der Waals surface area contributed by atoms with Crippen molar-refractivity contribution < 1.29 is 22.7 Å². The molecule has 0 aliphatic heterocycles. The molecule has 1 aliphatic carbocycles. The van der Waals surface area contributed by atoms with Crippen molar-refractivity contribution in [1.29, 1.82) is 0 Å². The van der Waals surface area contributed by atoms with E-state index < -0.39 is 21.6 Å². The molecular formula is C23H23ClFNO4S. The van der Waals surface area contributed by atoms with E-state index in [4.69, 9.17) is 11.6 Å². The van der Waals surface area contributed by atoms with Crippen molar-refractivity contribution in [2.75, 3.05) is 6.26 Å². The van der Waals surface area contributed by atoms with Crippen LogP contribution in [0.15, 0.2) is 41.3 Å². The Kier molecular flexibility index (Phi) is 5.60. The average Bonchev–Trinajstić information content (AvgIpc) is 3.01. The summed E-state index contributed by atoms with van der Waals surface area (Å²) in [5.74, 6) is -1.81. The lowest BCUT2D eigenvalue weighted by molar-refractivity contribution is -0.137. The van der Waals surface area contributed by atoms with Crippen molar-refractivity contribution in [2.45, 2.75) is 49.5 Å². The summed E-state index contributed by atoms with van der Waals surface area (Å²) in [4.78, 5) is 11.5. The third-order valence-electron chi connectivity index (χ3n) is 6.10. The van der Waals surface area contributed by atoms with Crippen molar-refractivity contribution in [3.8, 4) is 0 Å². The first-order chi connectivity index (χ1) is 14.6. The molecule has 0 fully saturated rings. The first-order valence-corrected chi connectivity index (χ1v) is 12.4. The van der Waals surface area contributed by atoms with Crippen LogP contribution in [-0.2, 0) is 21.1 Å². The third-order valence-corrected chi connectivity index (χ3v) is 7.46. The summed E-state index contributed by atoms with van der Waals surface area (Å²) < 4.78 is 41.7. The predicted octanol–water partition coefficient (Wildman–Crippen LogP) is 5.34. The van der Waals surface area contributed by atoms with Gasteiger partial charge in [0.15, 0.2) is 9.84 Å². The van der Waals surface area contributed by atoms with Gasteiger partial charge in [-0.3, -0.25) is 4.79 Å². The maximum absolute atomic E-state index is 14.5. The predicted molar refractivity (Wildman–Crippen MR) is 118 cm³/mol. The molecule has 31 heavy (non-hydrogen) atoms. The highest BCUT2D eigenvalue weighted by Crippen LogP contribution is 2.44. The van der Waals surface area contributed by atoms with Crippen LogP contribution in [0.2, 0.25) is 5.02 Å². The Bertz CT molecular complexity index is 1280. The second-order valence-electron chi connectivity index (χ2n) is 8.22. The third kappa shape index (κ3) is 3.96. The molecule has 1 unspecified atom stereocenters.